The van der Waals surface area contributed by atoms with Crippen molar-refractivity contribution in [3.63, 3.8) is 0 Å². The average molecular weight is 551 g/mol. The first kappa shape index (κ1) is 27.2. The molecule has 1 aromatic heterocycles. The molecule has 3 aromatic rings. The van der Waals surface area contributed by atoms with Gasteiger partial charge in [-0.2, -0.15) is 9.97 Å². The van der Waals surface area contributed by atoms with Crippen LogP contribution in [-0.2, 0) is 16.3 Å². The Kier molecular flexibility index (Phi) is 7.95. The molecule has 0 amide bonds. The number of piperidine rings is 1. The van der Waals surface area contributed by atoms with Gasteiger partial charge in [0.1, 0.15) is 17.4 Å². The zero-order chi connectivity index (χ0) is 27.6. The Morgan fingerprint density at radius 2 is 1.72 bits per heavy atom. The third-order valence-electron chi connectivity index (χ3n) is 7.17. The molecule has 1 fully saturated rings. The lowest BCUT2D eigenvalue weighted by Gasteiger charge is -2.24. The second kappa shape index (κ2) is 11.4. The standard InChI is InChI=1S/C29H38N6O3S/c1-18(2)38-25-17-21(20-11-14-30-15-12-20)9-10-23(25)33-29-34-27-22(13-16-31-27)28(35-29)32-24-7-5-6-8-26(24)39(36,37)19(3)4/h5-10,17-20,30H,11-16H2,1-4H3,(H3,31,32,33,34,35). The second-order valence-corrected chi connectivity index (χ2v) is 13.2. The molecule has 2 aliphatic rings. The molecule has 4 N–H and O–H groups in total. The first-order valence-electron chi connectivity index (χ1n) is 13.8. The van der Waals surface area contributed by atoms with Gasteiger partial charge in [-0.1, -0.05) is 18.2 Å². The number of hydrogen-bond donors (Lipinski definition) is 4. The molecule has 0 aliphatic carbocycles. The predicted octanol–water partition coefficient (Wildman–Crippen LogP) is 5.37. The molecule has 3 heterocycles. The fraction of sp³-hybridized carbons (Fsp3) is 0.448. The van der Waals surface area contributed by atoms with Crippen molar-refractivity contribution in [3.05, 3.63) is 53.6 Å². The molecule has 2 aromatic carbocycles. The van der Waals surface area contributed by atoms with Gasteiger partial charge < -0.3 is 26.0 Å². The van der Waals surface area contributed by atoms with Gasteiger partial charge in [-0.25, -0.2) is 8.42 Å². The number of fused-ring (bicyclic) bond motifs is 1. The van der Waals surface area contributed by atoms with Crippen LogP contribution < -0.4 is 26.0 Å². The van der Waals surface area contributed by atoms with Crippen LogP contribution in [-0.4, -0.2) is 49.4 Å². The topological polar surface area (TPSA) is 117 Å². The van der Waals surface area contributed by atoms with Crippen LogP contribution in [0.2, 0.25) is 0 Å². The van der Waals surface area contributed by atoms with Gasteiger partial charge in [0.2, 0.25) is 5.95 Å². The minimum absolute atomic E-state index is 0.00747. The van der Waals surface area contributed by atoms with E-state index in [1.165, 1.54) is 5.56 Å². The number of nitrogens with one attached hydrogen (secondary N) is 4. The molecule has 39 heavy (non-hydrogen) atoms. The molecule has 0 saturated carbocycles. The number of benzene rings is 2. The highest BCUT2D eigenvalue weighted by atomic mass is 32.2. The van der Waals surface area contributed by atoms with Crippen molar-refractivity contribution in [3.8, 4) is 5.75 Å². The molecule has 5 rings (SSSR count). The van der Waals surface area contributed by atoms with Crippen LogP contribution in [0.5, 0.6) is 5.75 Å². The molecule has 0 unspecified atom stereocenters. The number of sulfone groups is 1. The summed E-state index contributed by atoms with van der Waals surface area (Å²) >= 11 is 0. The third-order valence-corrected chi connectivity index (χ3v) is 9.38. The van der Waals surface area contributed by atoms with Crippen molar-refractivity contribution in [1.82, 2.24) is 15.3 Å². The minimum Gasteiger partial charge on any atom is -0.489 e. The van der Waals surface area contributed by atoms with Crippen LogP contribution in [0.25, 0.3) is 0 Å². The quantitative estimate of drug-likeness (QED) is 0.279. The van der Waals surface area contributed by atoms with E-state index in [1.54, 1.807) is 32.0 Å². The molecular formula is C29H38N6O3S. The van der Waals surface area contributed by atoms with E-state index in [0.717, 1.165) is 61.7 Å². The SMILES string of the molecule is CC(C)Oc1cc(C2CCNCC2)ccc1Nc1nc2c(c(Nc3ccccc3S(=O)(=O)C(C)C)n1)CCN2. The molecule has 208 valence electrons. The summed E-state index contributed by atoms with van der Waals surface area (Å²) in [6, 6.07) is 13.3. The van der Waals surface area contributed by atoms with E-state index in [-0.39, 0.29) is 11.0 Å². The molecule has 0 spiro atoms. The Labute approximate surface area is 231 Å². The van der Waals surface area contributed by atoms with E-state index >= 15 is 0 Å². The van der Waals surface area contributed by atoms with E-state index < -0.39 is 15.1 Å². The number of aromatic nitrogens is 2. The van der Waals surface area contributed by atoms with Gasteiger partial charge in [-0.3, -0.25) is 0 Å². The zero-order valence-electron chi connectivity index (χ0n) is 23.0. The lowest BCUT2D eigenvalue weighted by Crippen LogP contribution is -2.26. The van der Waals surface area contributed by atoms with Gasteiger partial charge in [0.25, 0.3) is 0 Å². The molecule has 10 heteroatoms. The van der Waals surface area contributed by atoms with Crippen molar-refractivity contribution in [2.45, 2.75) is 69.1 Å². The number of hydrogen-bond acceptors (Lipinski definition) is 9. The highest BCUT2D eigenvalue weighted by Gasteiger charge is 2.25. The van der Waals surface area contributed by atoms with Crippen molar-refractivity contribution in [1.29, 1.82) is 0 Å². The van der Waals surface area contributed by atoms with Gasteiger partial charge in [0, 0.05) is 12.1 Å². The molecule has 0 bridgehead atoms. The summed E-state index contributed by atoms with van der Waals surface area (Å²) in [6.45, 7) is 10.2. The molecular weight excluding hydrogens is 512 g/mol. The molecule has 0 atom stereocenters. The Morgan fingerprint density at radius 1 is 0.949 bits per heavy atom. The summed E-state index contributed by atoms with van der Waals surface area (Å²) in [5.41, 5.74) is 3.49. The van der Waals surface area contributed by atoms with Crippen LogP contribution in [0, 0.1) is 0 Å². The van der Waals surface area contributed by atoms with E-state index in [1.807, 2.05) is 26.0 Å². The Morgan fingerprint density at radius 3 is 2.46 bits per heavy atom. The molecule has 0 radical (unpaired) electrons. The highest BCUT2D eigenvalue weighted by molar-refractivity contribution is 7.92. The van der Waals surface area contributed by atoms with Gasteiger partial charge in [0.15, 0.2) is 9.84 Å². The molecule has 2 aliphatic heterocycles. The Hall–Kier alpha value is -3.37. The summed E-state index contributed by atoms with van der Waals surface area (Å²) in [4.78, 5) is 9.79. The number of para-hydroxylation sites is 1. The first-order chi connectivity index (χ1) is 18.7. The zero-order valence-corrected chi connectivity index (χ0v) is 23.9. The Balaban J connectivity index is 1.48. The number of ether oxygens (including phenoxy) is 1. The van der Waals surface area contributed by atoms with Crippen LogP contribution in [0.4, 0.5) is 29.0 Å². The lowest BCUT2D eigenvalue weighted by molar-refractivity contribution is 0.243. The minimum atomic E-state index is -3.49. The molecule has 1 saturated heterocycles. The predicted molar refractivity (Wildman–Crippen MR) is 157 cm³/mol. The summed E-state index contributed by atoms with van der Waals surface area (Å²) < 4.78 is 32.3. The normalized spacial score (nSPS) is 15.7. The summed E-state index contributed by atoms with van der Waals surface area (Å²) in [5.74, 6) is 2.99. The van der Waals surface area contributed by atoms with Gasteiger partial charge in [-0.05, 0) is 95.8 Å². The fourth-order valence-corrected chi connectivity index (χ4v) is 6.26. The van der Waals surface area contributed by atoms with Gasteiger partial charge in [-0.15, -0.1) is 0 Å². The maximum Gasteiger partial charge on any atom is 0.231 e. The highest BCUT2D eigenvalue weighted by Crippen LogP contribution is 2.37. The number of rotatable bonds is 9. The van der Waals surface area contributed by atoms with Gasteiger partial charge >= 0.3 is 0 Å². The first-order valence-corrected chi connectivity index (χ1v) is 15.3. The van der Waals surface area contributed by atoms with Crippen molar-refractivity contribution in [2.75, 3.05) is 35.6 Å². The third kappa shape index (κ3) is 5.96. The van der Waals surface area contributed by atoms with E-state index in [2.05, 4.69) is 33.4 Å². The van der Waals surface area contributed by atoms with Crippen LogP contribution in [0.3, 0.4) is 0 Å². The van der Waals surface area contributed by atoms with E-state index in [9.17, 15) is 8.42 Å². The van der Waals surface area contributed by atoms with Crippen LogP contribution in [0.15, 0.2) is 47.4 Å². The van der Waals surface area contributed by atoms with Crippen LogP contribution in [0.1, 0.15) is 57.6 Å². The van der Waals surface area contributed by atoms with Gasteiger partial charge in [0.05, 0.1) is 27.6 Å². The second-order valence-electron chi connectivity index (χ2n) is 10.7. The van der Waals surface area contributed by atoms with Crippen molar-refractivity contribution >= 4 is 38.8 Å². The van der Waals surface area contributed by atoms with Crippen molar-refractivity contribution < 1.29 is 13.2 Å². The number of nitrogens with zero attached hydrogens (tertiary/aromatic N) is 2. The lowest BCUT2D eigenvalue weighted by atomic mass is 9.90. The Bertz CT molecular complexity index is 1430. The smallest absolute Gasteiger partial charge is 0.231 e. The maximum atomic E-state index is 13.0. The average Bonchev–Trinajstić information content (AvgIpc) is 3.39. The largest absolute Gasteiger partial charge is 0.489 e. The van der Waals surface area contributed by atoms with E-state index in [0.29, 0.717) is 23.4 Å². The van der Waals surface area contributed by atoms with Crippen molar-refractivity contribution in [2.24, 2.45) is 0 Å². The summed E-state index contributed by atoms with van der Waals surface area (Å²) in [7, 11) is -3.49. The fourth-order valence-electron chi connectivity index (χ4n) is 5.05. The summed E-state index contributed by atoms with van der Waals surface area (Å²) in [6.07, 6.45) is 2.96. The monoisotopic (exact) mass is 550 g/mol. The summed E-state index contributed by atoms with van der Waals surface area (Å²) in [5, 5.41) is 12.9. The van der Waals surface area contributed by atoms with E-state index in [4.69, 9.17) is 14.7 Å². The maximum absolute atomic E-state index is 13.0. The molecule has 9 nitrogen and oxygen atoms in total. The number of anilines is 5. The van der Waals surface area contributed by atoms with Crippen LogP contribution >= 0.6 is 0 Å².